The second-order valence-corrected chi connectivity index (χ2v) is 13.3. The fourth-order valence-corrected chi connectivity index (χ4v) is 6.25. The summed E-state index contributed by atoms with van der Waals surface area (Å²) in [5.74, 6) is -2.51. The normalized spacial score (nSPS) is 13.2. The summed E-state index contributed by atoms with van der Waals surface area (Å²) in [5.41, 5.74) is 11.7. The maximum absolute atomic E-state index is 13.4. The van der Waals surface area contributed by atoms with Crippen LogP contribution in [-0.4, -0.2) is 66.6 Å². The molecular weight excluding hydrogens is 679 g/mol. The molecule has 0 spiro atoms. The standard InChI is InChI=1S/C22H28BFO4.C20H24FNO3/c1-3-28-22(26)20(15-25)12-17(14-23(2)27)11-16-7-9-18(10-8-16)19-5-4-6-21(24)13-19;1-2-25-20(24)17(13-23)12-19(22)10-14-6-8-15(9-7-14)16-4-3-5-18(21)11-16/h4-10,13,17,20,25,27H,3,11-12,14-15H2,1-2H3;3-9,11,17,19,23H,2,10,12-13,22H2,1H3/t17-,20-;17-,19-/m11/s1. The van der Waals surface area contributed by atoms with Crippen molar-refractivity contribution in [3.05, 3.63) is 120 Å². The van der Waals surface area contributed by atoms with Crippen LogP contribution in [0.2, 0.25) is 13.1 Å². The molecule has 4 rings (SSSR count). The van der Waals surface area contributed by atoms with E-state index in [0.29, 0.717) is 32.0 Å². The van der Waals surface area contributed by atoms with Gasteiger partial charge in [-0.2, -0.15) is 0 Å². The van der Waals surface area contributed by atoms with Crippen LogP contribution in [0.15, 0.2) is 97.1 Å². The number of nitrogens with two attached hydrogens (primary N) is 1. The number of halogens is 2. The lowest BCUT2D eigenvalue weighted by atomic mass is 9.62. The fraction of sp³-hybridized carbons (Fsp3) is 0.381. The Hall–Kier alpha value is -4.42. The average molecular weight is 732 g/mol. The molecule has 0 aliphatic carbocycles. The molecule has 0 bridgehead atoms. The minimum atomic E-state index is -0.596. The van der Waals surface area contributed by atoms with Gasteiger partial charge in [0.15, 0.2) is 0 Å². The second-order valence-electron chi connectivity index (χ2n) is 13.3. The molecule has 284 valence electrons. The quantitative estimate of drug-likeness (QED) is 0.0652. The van der Waals surface area contributed by atoms with Gasteiger partial charge in [-0.15, -0.1) is 0 Å². The van der Waals surface area contributed by atoms with Crippen LogP contribution in [0.25, 0.3) is 22.3 Å². The van der Waals surface area contributed by atoms with Crippen LogP contribution in [0.3, 0.4) is 0 Å². The molecule has 0 amide bonds. The van der Waals surface area contributed by atoms with Gasteiger partial charge in [-0.05, 0) is 109 Å². The molecule has 0 fully saturated rings. The van der Waals surface area contributed by atoms with Gasteiger partial charge >= 0.3 is 11.9 Å². The van der Waals surface area contributed by atoms with Crippen molar-refractivity contribution in [2.24, 2.45) is 23.5 Å². The summed E-state index contributed by atoms with van der Waals surface area (Å²) in [7, 11) is 0. The lowest BCUT2D eigenvalue weighted by Gasteiger charge is -2.22. The molecule has 0 saturated carbocycles. The molecule has 0 aromatic heterocycles. The molecule has 0 aliphatic rings. The maximum Gasteiger partial charge on any atom is 0.311 e. The lowest BCUT2D eigenvalue weighted by molar-refractivity contribution is -0.150. The minimum absolute atomic E-state index is 0.0292. The molecule has 0 unspecified atom stereocenters. The van der Waals surface area contributed by atoms with E-state index in [-0.39, 0.29) is 50.0 Å². The Morgan fingerprint density at radius 2 is 1.11 bits per heavy atom. The van der Waals surface area contributed by atoms with Crippen molar-refractivity contribution in [3.8, 4) is 22.3 Å². The van der Waals surface area contributed by atoms with E-state index in [1.54, 1.807) is 32.8 Å². The van der Waals surface area contributed by atoms with Gasteiger partial charge in [-0.25, -0.2) is 8.78 Å². The minimum Gasteiger partial charge on any atom is -0.466 e. The molecule has 8 nitrogen and oxygen atoms in total. The van der Waals surface area contributed by atoms with E-state index in [4.69, 9.17) is 15.2 Å². The Bertz CT molecular complexity index is 1690. The highest BCUT2D eigenvalue weighted by molar-refractivity contribution is 6.48. The number of aliphatic hydroxyl groups is 2. The van der Waals surface area contributed by atoms with Gasteiger partial charge in [-0.1, -0.05) is 79.6 Å². The van der Waals surface area contributed by atoms with Crippen LogP contribution in [-0.2, 0) is 31.9 Å². The van der Waals surface area contributed by atoms with Crippen LogP contribution in [0, 0.1) is 29.4 Å². The molecule has 53 heavy (non-hydrogen) atoms. The van der Waals surface area contributed by atoms with Gasteiger partial charge in [0.1, 0.15) is 11.6 Å². The van der Waals surface area contributed by atoms with Crippen LogP contribution in [0.1, 0.15) is 37.8 Å². The number of aliphatic hydroxyl groups excluding tert-OH is 2. The number of carbonyl (C=O) groups is 2. The third kappa shape index (κ3) is 14.9. The second kappa shape index (κ2) is 22.6. The van der Waals surface area contributed by atoms with Gasteiger partial charge in [0.2, 0.25) is 0 Å². The summed E-state index contributed by atoms with van der Waals surface area (Å²) < 4.78 is 36.7. The predicted molar refractivity (Wildman–Crippen MR) is 205 cm³/mol. The van der Waals surface area contributed by atoms with Crippen LogP contribution in [0.5, 0.6) is 0 Å². The van der Waals surface area contributed by atoms with Gasteiger partial charge in [-0.3, -0.25) is 9.59 Å². The Morgan fingerprint density at radius 1 is 0.679 bits per heavy atom. The number of esters is 2. The van der Waals surface area contributed by atoms with Crippen molar-refractivity contribution in [2.75, 3.05) is 26.4 Å². The molecule has 4 atom stereocenters. The first-order valence-electron chi connectivity index (χ1n) is 18.1. The number of ether oxygens (including phenoxy) is 2. The predicted octanol–water partition coefficient (Wildman–Crippen LogP) is 6.75. The topological polar surface area (TPSA) is 139 Å². The van der Waals surface area contributed by atoms with Gasteiger partial charge in [0.05, 0.1) is 38.3 Å². The van der Waals surface area contributed by atoms with E-state index in [1.165, 1.54) is 24.3 Å². The fourth-order valence-electron chi connectivity index (χ4n) is 6.25. The smallest absolute Gasteiger partial charge is 0.311 e. The van der Waals surface area contributed by atoms with Crippen molar-refractivity contribution in [1.82, 2.24) is 0 Å². The van der Waals surface area contributed by atoms with Crippen LogP contribution < -0.4 is 5.73 Å². The Morgan fingerprint density at radius 3 is 1.51 bits per heavy atom. The van der Waals surface area contributed by atoms with Crippen molar-refractivity contribution < 1.29 is 43.1 Å². The molecule has 0 radical (unpaired) electrons. The van der Waals surface area contributed by atoms with Gasteiger partial charge in [0.25, 0.3) is 6.92 Å². The number of rotatable bonds is 18. The largest absolute Gasteiger partial charge is 0.466 e. The third-order valence-corrected chi connectivity index (χ3v) is 8.81. The average Bonchev–Trinajstić information content (AvgIpc) is 3.13. The van der Waals surface area contributed by atoms with Crippen molar-refractivity contribution in [1.29, 1.82) is 0 Å². The maximum atomic E-state index is 13.4. The van der Waals surface area contributed by atoms with E-state index in [9.17, 15) is 33.6 Å². The molecule has 11 heteroatoms. The van der Waals surface area contributed by atoms with Crippen LogP contribution in [0.4, 0.5) is 8.78 Å². The molecule has 4 aromatic rings. The highest BCUT2D eigenvalue weighted by Crippen LogP contribution is 2.26. The number of benzene rings is 4. The van der Waals surface area contributed by atoms with E-state index in [0.717, 1.165) is 33.4 Å². The van der Waals surface area contributed by atoms with E-state index >= 15 is 0 Å². The molecule has 0 heterocycles. The Kier molecular flexibility index (Phi) is 18.3. The molecule has 5 N–H and O–H groups in total. The number of hydrogen-bond acceptors (Lipinski definition) is 8. The van der Waals surface area contributed by atoms with Crippen molar-refractivity contribution in [3.63, 3.8) is 0 Å². The zero-order chi connectivity index (χ0) is 38.8. The van der Waals surface area contributed by atoms with Crippen molar-refractivity contribution >= 4 is 18.9 Å². The highest BCUT2D eigenvalue weighted by atomic mass is 19.1. The first-order valence-corrected chi connectivity index (χ1v) is 18.1. The Labute approximate surface area is 312 Å². The van der Waals surface area contributed by atoms with Gasteiger partial charge in [0, 0.05) is 6.04 Å². The summed E-state index contributed by atoms with van der Waals surface area (Å²) in [6.45, 7) is 4.70. The monoisotopic (exact) mass is 731 g/mol. The van der Waals surface area contributed by atoms with E-state index in [1.807, 2.05) is 60.7 Å². The molecular formula is C42H52BF2NO7. The zero-order valence-electron chi connectivity index (χ0n) is 30.8. The van der Waals surface area contributed by atoms with Crippen LogP contribution >= 0.6 is 0 Å². The summed E-state index contributed by atoms with van der Waals surface area (Å²) in [5, 5.41) is 28.7. The summed E-state index contributed by atoms with van der Waals surface area (Å²) in [4.78, 5) is 23.7. The lowest BCUT2D eigenvalue weighted by Crippen LogP contribution is -2.32. The summed E-state index contributed by atoms with van der Waals surface area (Å²) >= 11 is 0. The molecule has 0 aliphatic heterocycles. The zero-order valence-corrected chi connectivity index (χ0v) is 30.8. The van der Waals surface area contributed by atoms with Crippen molar-refractivity contribution in [2.45, 2.75) is 58.7 Å². The number of carbonyl (C=O) groups excluding carboxylic acids is 2. The summed E-state index contributed by atoms with van der Waals surface area (Å²) in [6.07, 6.45) is 2.60. The van der Waals surface area contributed by atoms with E-state index in [2.05, 4.69) is 0 Å². The third-order valence-electron chi connectivity index (χ3n) is 8.81. The first kappa shape index (κ1) is 43.0. The SMILES string of the molecule is CCOC(=O)[C@@H](CO)C[C@H](CB(C)O)Cc1ccc(-c2cccc(F)c2)cc1.CCOC(=O)[C@@H](CO)C[C@H](N)Cc1ccc(-c2cccc(F)c2)cc1. The summed E-state index contributed by atoms with van der Waals surface area (Å²) in [6, 6.07) is 28.2. The Balaban J connectivity index is 0.000000287. The molecule has 0 saturated heterocycles. The van der Waals surface area contributed by atoms with E-state index < -0.39 is 30.7 Å². The highest BCUT2D eigenvalue weighted by Gasteiger charge is 2.26. The van der Waals surface area contributed by atoms with Gasteiger partial charge < -0.3 is 30.4 Å². The first-order chi connectivity index (χ1) is 25.5. The number of hydrogen-bond donors (Lipinski definition) is 4. The molecule has 4 aromatic carbocycles.